The van der Waals surface area contributed by atoms with E-state index in [1.807, 2.05) is 30.3 Å². The number of aliphatic hydroxyl groups is 3. The number of carbonyl (C=O) groups excluding carboxylic acids is 1. The van der Waals surface area contributed by atoms with E-state index < -0.39 is 24.4 Å². The van der Waals surface area contributed by atoms with Crippen LogP contribution in [0.1, 0.15) is 44.1 Å². The highest BCUT2D eigenvalue weighted by atomic mass is 16.4. The van der Waals surface area contributed by atoms with Gasteiger partial charge in [-0.25, -0.2) is 0 Å². The normalized spacial score (nSPS) is 33.8. The first-order valence-electron chi connectivity index (χ1n) is 9.62. The summed E-state index contributed by atoms with van der Waals surface area (Å²) in [5.74, 6) is 0.116. The summed E-state index contributed by atoms with van der Waals surface area (Å²) in [6, 6.07) is 9.01. The number of piperidine rings is 1. The second-order valence-corrected chi connectivity index (χ2v) is 7.71. The molecule has 2 aliphatic rings. The average molecular weight is 362 g/mol. The maximum Gasteiger partial charge on any atom is 0.227 e. The molecule has 1 heterocycles. The molecule has 0 unspecified atom stereocenters. The van der Waals surface area contributed by atoms with Crippen molar-refractivity contribution in [3.8, 4) is 0 Å². The Morgan fingerprint density at radius 1 is 1.12 bits per heavy atom. The smallest absolute Gasteiger partial charge is 0.227 e. The second kappa shape index (κ2) is 8.48. The van der Waals surface area contributed by atoms with Crippen LogP contribution >= 0.6 is 0 Å². The van der Waals surface area contributed by atoms with Crippen LogP contribution in [0.25, 0.3) is 0 Å². The minimum Gasteiger partial charge on any atom is -0.389 e. The molecule has 1 aromatic carbocycles. The number of rotatable bonds is 5. The lowest BCUT2D eigenvalue weighted by molar-refractivity contribution is -0.126. The molecule has 5 N–H and O–H groups in total. The van der Waals surface area contributed by atoms with Gasteiger partial charge in [0, 0.05) is 12.6 Å². The fourth-order valence-electron chi connectivity index (χ4n) is 4.36. The molecule has 6 nitrogen and oxygen atoms in total. The summed E-state index contributed by atoms with van der Waals surface area (Å²) < 4.78 is 0. The average Bonchev–Trinajstić information content (AvgIpc) is 3.17. The van der Waals surface area contributed by atoms with Gasteiger partial charge in [0.25, 0.3) is 0 Å². The number of amides is 1. The maximum atomic E-state index is 13.0. The van der Waals surface area contributed by atoms with Gasteiger partial charge in [0.05, 0.1) is 24.2 Å². The van der Waals surface area contributed by atoms with Crippen molar-refractivity contribution < 1.29 is 20.1 Å². The van der Waals surface area contributed by atoms with Crippen molar-refractivity contribution in [1.82, 2.24) is 10.6 Å². The lowest BCUT2D eigenvalue weighted by Gasteiger charge is -2.40. The summed E-state index contributed by atoms with van der Waals surface area (Å²) in [6.45, 7) is 1.96. The largest absolute Gasteiger partial charge is 0.389 e. The van der Waals surface area contributed by atoms with Crippen molar-refractivity contribution >= 4 is 5.91 Å². The number of benzene rings is 1. The molecule has 2 fully saturated rings. The SMILES string of the molecule is C[C@@H]1N[C@H](CNC(=O)[C@H](c2ccccc2)C2CCCC2)[C@@H](O)[C@H](O)[C@@H]1O. The molecule has 1 aliphatic heterocycles. The Kier molecular flexibility index (Phi) is 6.29. The highest BCUT2D eigenvalue weighted by Crippen LogP contribution is 2.37. The lowest BCUT2D eigenvalue weighted by atomic mass is 9.84. The van der Waals surface area contributed by atoms with Gasteiger partial charge in [-0.05, 0) is 31.2 Å². The first-order chi connectivity index (χ1) is 12.5. The molecular weight excluding hydrogens is 332 g/mol. The zero-order valence-corrected chi connectivity index (χ0v) is 15.2. The van der Waals surface area contributed by atoms with Gasteiger partial charge in [-0.3, -0.25) is 4.79 Å². The van der Waals surface area contributed by atoms with Crippen molar-refractivity contribution in [2.45, 2.75) is 68.9 Å². The van der Waals surface area contributed by atoms with E-state index in [2.05, 4.69) is 10.6 Å². The van der Waals surface area contributed by atoms with Crippen LogP contribution in [-0.2, 0) is 4.79 Å². The van der Waals surface area contributed by atoms with Crippen LogP contribution in [0.15, 0.2) is 30.3 Å². The highest BCUT2D eigenvalue weighted by molar-refractivity contribution is 5.84. The Morgan fingerprint density at radius 2 is 1.77 bits per heavy atom. The van der Waals surface area contributed by atoms with Gasteiger partial charge in [-0.2, -0.15) is 0 Å². The van der Waals surface area contributed by atoms with E-state index >= 15 is 0 Å². The van der Waals surface area contributed by atoms with Crippen molar-refractivity contribution in [1.29, 1.82) is 0 Å². The molecule has 0 spiro atoms. The Labute approximate surface area is 154 Å². The van der Waals surface area contributed by atoms with Crippen LogP contribution in [0.4, 0.5) is 0 Å². The zero-order valence-electron chi connectivity index (χ0n) is 15.2. The van der Waals surface area contributed by atoms with Crippen LogP contribution in [0, 0.1) is 5.92 Å². The van der Waals surface area contributed by atoms with Gasteiger partial charge in [0.2, 0.25) is 5.91 Å². The van der Waals surface area contributed by atoms with Gasteiger partial charge in [0.15, 0.2) is 0 Å². The third kappa shape index (κ3) is 4.09. The van der Waals surface area contributed by atoms with E-state index in [0.717, 1.165) is 31.2 Å². The van der Waals surface area contributed by atoms with Crippen molar-refractivity contribution in [2.75, 3.05) is 6.54 Å². The van der Waals surface area contributed by atoms with Crippen LogP contribution in [-0.4, -0.2) is 58.2 Å². The van der Waals surface area contributed by atoms with Gasteiger partial charge in [0.1, 0.15) is 6.10 Å². The Hall–Kier alpha value is -1.47. The van der Waals surface area contributed by atoms with Crippen molar-refractivity contribution in [2.24, 2.45) is 5.92 Å². The van der Waals surface area contributed by atoms with Gasteiger partial charge in [-0.15, -0.1) is 0 Å². The van der Waals surface area contributed by atoms with E-state index in [-0.39, 0.29) is 24.4 Å². The summed E-state index contributed by atoms with van der Waals surface area (Å²) in [7, 11) is 0. The summed E-state index contributed by atoms with van der Waals surface area (Å²) in [5, 5.41) is 36.0. The molecule has 6 heteroatoms. The zero-order chi connectivity index (χ0) is 18.7. The Balaban J connectivity index is 1.66. The summed E-state index contributed by atoms with van der Waals surface area (Å²) in [4.78, 5) is 13.0. The number of aliphatic hydroxyl groups excluding tert-OH is 3. The van der Waals surface area contributed by atoms with Crippen molar-refractivity contribution in [3.63, 3.8) is 0 Å². The molecule has 26 heavy (non-hydrogen) atoms. The first kappa shape index (κ1) is 19.3. The van der Waals surface area contributed by atoms with Crippen LogP contribution < -0.4 is 10.6 Å². The molecule has 0 radical (unpaired) electrons. The molecule has 0 aromatic heterocycles. The molecule has 1 aromatic rings. The summed E-state index contributed by atoms with van der Waals surface area (Å²) in [6.07, 6.45) is 1.07. The van der Waals surface area contributed by atoms with E-state index in [4.69, 9.17) is 0 Å². The van der Waals surface area contributed by atoms with Crippen LogP contribution in [0.2, 0.25) is 0 Å². The molecule has 6 atom stereocenters. The quantitative estimate of drug-likeness (QED) is 0.526. The van der Waals surface area contributed by atoms with Crippen molar-refractivity contribution in [3.05, 3.63) is 35.9 Å². The third-order valence-electron chi connectivity index (χ3n) is 5.91. The minimum absolute atomic E-state index is 0.0367. The number of hydrogen-bond acceptors (Lipinski definition) is 5. The minimum atomic E-state index is -1.21. The fourth-order valence-corrected chi connectivity index (χ4v) is 4.36. The van der Waals surface area contributed by atoms with E-state index in [1.165, 1.54) is 0 Å². The molecule has 3 rings (SSSR count). The predicted molar refractivity (Wildman–Crippen MR) is 98.6 cm³/mol. The molecule has 1 amide bonds. The highest BCUT2D eigenvalue weighted by Gasteiger charge is 2.41. The predicted octanol–water partition coefficient (Wildman–Crippen LogP) is 0.520. The molecule has 0 bridgehead atoms. The Bertz CT molecular complexity index is 591. The molecule has 1 aliphatic carbocycles. The van der Waals surface area contributed by atoms with Crippen LogP contribution in [0.5, 0.6) is 0 Å². The van der Waals surface area contributed by atoms with E-state index in [0.29, 0.717) is 5.92 Å². The standard InChI is InChI=1S/C20H30N2O4/c1-12-17(23)19(25)18(24)15(22-12)11-21-20(26)16(14-9-5-6-10-14)13-7-3-2-4-8-13/h2-4,7-8,12,14-19,22-25H,5-6,9-11H2,1H3,(H,21,26)/t12-,15+,16+,17+,18+,19+/m0/s1. The van der Waals surface area contributed by atoms with E-state index in [1.54, 1.807) is 6.92 Å². The number of nitrogens with one attached hydrogen (secondary N) is 2. The molecular formula is C20H30N2O4. The van der Waals surface area contributed by atoms with E-state index in [9.17, 15) is 20.1 Å². The lowest BCUT2D eigenvalue weighted by Crippen LogP contribution is -2.66. The van der Waals surface area contributed by atoms with Gasteiger partial charge in [-0.1, -0.05) is 43.2 Å². The first-order valence-corrected chi connectivity index (χ1v) is 9.62. The Morgan fingerprint density at radius 3 is 2.42 bits per heavy atom. The van der Waals surface area contributed by atoms with Gasteiger partial charge >= 0.3 is 0 Å². The second-order valence-electron chi connectivity index (χ2n) is 7.71. The third-order valence-corrected chi connectivity index (χ3v) is 5.91. The summed E-state index contributed by atoms with van der Waals surface area (Å²) >= 11 is 0. The maximum absolute atomic E-state index is 13.0. The number of carbonyl (C=O) groups is 1. The van der Waals surface area contributed by atoms with Crippen LogP contribution in [0.3, 0.4) is 0 Å². The molecule has 1 saturated heterocycles. The monoisotopic (exact) mass is 362 g/mol. The summed E-state index contributed by atoms with van der Waals surface area (Å²) in [5.41, 5.74) is 1.03. The molecule has 1 saturated carbocycles. The fraction of sp³-hybridized carbons (Fsp3) is 0.650. The topological polar surface area (TPSA) is 102 Å². The molecule has 144 valence electrons. The van der Waals surface area contributed by atoms with Gasteiger partial charge < -0.3 is 26.0 Å². The number of hydrogen-bond donors (Lipinski definition) is 5.